The first-order valence-corrected chi connectivity index (χ1v) is 27.1. The van der Waals surface area contributed by atoms with Crippen molar-refractivity contribution >= 4 is 19.6 Å². The minimum absolute atomic E-state index is 0. The zero-order valence-corrected chi connectivity index (χ0v) is 42.3. The molecule has 0 amide bonds. The lowest BCUT2D eigenvalue weighted by molar-refractivity contribution is -0.928. The molecule has 0 aliphatic carbocycles. The van der Waals surface area contributed by atoms with E-state index in [4.69, 9.17) is 24.9 Å². The van der Waals surface area contributed by atoms with Crippen molar-refractivity contribution in [2.45, 2.75) is 253 Å². The molecule has 0 saturated carbocycles. The summed E-state index contributed by atoms with van der Waals surface area (Å²) in [5.74, 6) is -0.165. The van der Waals surface area contributed by atoms with Gasteiger partial charge in [-0.1, -0.05) is 189 Å². The number of hydrogen-bond donors (Lipinski definition) is 0. The van der Waals surface area contributed by atoms with Gasteiger partial charge < -0.3 is 26.5 Å². The van der Waals surface area contributed by atoms with Crippen LogP contribution in [0.3, 0.4) is 0 Å². The fourth-order valence-corrected chi connectivity index (χ4v) is 9.60. The van der Waals surface area contributed by atoms with Crippen molar-refractivity contribution in [1.29, 1.82) is 0 Å². The molecule has 0 aliphatic heterocycles. The number of ketones is 1. The average Bonchev–Trinajstić information content (AvgIpc) is 3.22. The van der Waals surface area contributed by atoms with Gasteiger partial charge in [-0.05, 0) is 38.5 Å². The van der Waals surface area contributed by atoms with Crippen molar-refractivity contribution in [1.82, 2.24) is 0 Å². The lowest BCUT2D eigenvalue weighted by Gasteiger charge is -2.38. The average molecular weight is 906 g/mol. The van der Waals surface area contributed by atoms with Gasteiger partial charge in [0.1, 0.15) is 31.6 Å². The molecule has 2 unspecified atom stereocenters. The first-order valence-electron chi connectivity index (χ1n) is 25.7. The molecule has 2 atom stereocenters. The molecule has 0 saturated heterocycles. The van der Waals surface area contributed by atoms with Gasteiger partial charge in [0.15, 0.2) is 0 Å². The molecule has 0 bridgehead atoms. The molecule has 0 spiro atoms. The van der Waals surface area contributed by atoms with Gasteiger partial charge in [-0.2, -0.15) is 0 Å². The number of nitrogens with zero attached hydrogens (tertiary/aromatic N) is 2. The van der Waals surface area contributed by atoms with E-state index in [-0.39, 0.29) is 56.9 Å². The smallest absolute Gasteiger partial charge is 0.475 e. The Bertz CT molecular complexity index is 1060. The number of carbonyl (C=O) groups is 2. The van der Waals surface area contributed by atoms with Crippen LogP contribution in [0, 0.1) is 6.57 Å². The maximum atomic E-state index is 14.0. The van der Waals surface area contributed by atoms with E-state index in [1.807, 2.05) is 0 Å². The summed E-state index contributed by atoms with van der Waals surface area (Å²) in [6.07, 6.45) is 36.2. The molecule has 0 fully saturated rings. The summed E-state index contributed by atoms with van der Waals surface area (Å²) in [6, 6.07) is 0. The van der Waals surface area contributed by atoms with E-state index in [0.29, 0.717) is 25.8 Å². The van der Waals surface area contributed by atoms with Gasteiger partial charge >= 0.3 is 13.8 Å². The van der Waals surface area contributed by atoms with Gasteiger partial charge in [-0.3, -0.25) is 23.2 Å². The zero-order valence-electron chi connectivity index (χ0n) is 40.6. The second-order valence-corrected chi connectivity index (χ2v) is 19.4. The molecular formula is C50H98ClN2O7P. The molecule has 0 N–H and O–H groups in total. The highest BCUT2D eigenvalue weighted by molar-refractivity contribution is 7.48. The summed E-state index contributed by atoms with van der Waals surface area (Å²) in [5, 5.41) is 0. The van der Waals surface area contributed by atoms with Crippen molar-refractivity contribution in [3.8, 4) is 0 Å². The van der Waals surface area contributed by atoms with Gasteiger partial charge in [0, 0.05) is 19.3 Å². The van der Waals surface area contributed by atoms with E-state index in [2.05, 4.69) is 39.5 Å². The van der Waals surface area contributed by atoms with Gasteiger partial charge in [0.2, 0.25) is 6.54 Å². The maximum absolute atomic E-state index is 14.0. The Balaban J connectivity index is 0. The SMILES string of the molecule is [C-]#[N+]CCOP(=O)(OCC[N+](CCC)(CCC)CCC)OCC(CCC(=O)CCCCCCCCCCCCCCC)OC(=O)CCCCCCCCCCCCCCC.[Cl-]. The van der Waals surface area contributed by atoms with E-state index in [9.17, 15) is 14.2 Å². The van der Waals surface area contributed by atoms with Crippen molar-refractivity contribution < 1.29 is 49.4 Å². The zero-order chi connectivity index (χ0) is 44.3. The minimum Gasteiger partial charge on any atom is -1.00 e. The van der Waals surface area contributed by atoms with Crippen LogP contribution in [-0.2, 0) is 32.5 Å². The fourth-order valence-electron chi connectivity index (χ4n) is 8.42. The van der Waals surface area contributed by atoms with Gasteiger partial charge in [-0.15, -0.1) is 0 Å². The van der Waals surface area contributed by atoms with E-state index < -0.39 is 13.9 Å². The number of hydrogen-bond acceptors (Lipinski definition) is 7. The van der Waals surface area contributed by atoms with E-state index in [1.54, 1.807) is 0 Å². The van der Waals surface area contributed by atoms with E-state index >= 15 is 0 Å². The first-order chi connectivity index (χ1) is 29.2. The molecule has 0 aromatic rings. The Kier molecular flexibility index (Phi) is 46.4. The lowest BCUT2D eigenvalue weighted by Crippen LogP contribution is -3.00. The summed E-state index contributed by atoms with van der Waals surface area (Å²) in [4.78, 5) is 29.4. The number of quaternary nitrogens is 1. The molecule has 9 nitrogen and oxygen atoms in total. The highest BCUT2D eigenvalue weighted by Crippen LogP contribution is 2.49. The molecule has 11 heteroatoms. The van der Waals surface area contributed by atoms with Crippen molar-refractivity contribution in [2.24, 2.45) is 0 Å². The normalized spacial score (nSPS) is 13.0. The molecule has 0 aromatic carbocycles. The van der Waals surface area contributed by atoms with Crippen molar-refractivity contribution in [3.63, 3.8) is 0 Å². The maximum Gasteiger partial charge on any atom is 0.475 e. The standard InChI is InChI=1S/C50H98N2O7P.ClH/c1-7-12-14-16-18-20-22-24-26-28-30-32-34-36-48(53)38-39-49(59-50(54)37-35-33-31-29-27-25-23-21-19-17-15-13-8-2)47-58-60(55,56-45-40-51-6)57-46-44-52(41-9-3,42-10-4)43-11-5;/h49H,7-47H2,1-5H3;1H/q+1;/p-1. The molecule has 0 heterocycles. The topological polar surface area (TPSA) is 92.5 Å². The number of carbonyl (C=O) groups excluding carboxylic acids is 2. The van der Waals surface area contributed by atoms with Crippen LogP contribution >= 0.6 is 7.82 Å². The Labute approximate surface area is 384 Å². The first kappa shape index (κ1) is 62.1. The Morgan fingerprint density at radius 3 is 1.31 bits per heavy atom. The third-order valence-electron chi connectivity index (χ3n) is 11.9. The summed E-state index contributed by atoms with van der Waals surface area (Å²) in [6.45, 7) is 21.9. The molecule has 0 aromatic heterocycles. The predicted molar refractivity (Wildman–Crippen MR) is 252 cm³/mol. The summed E-state index contributed by atoms with van der Waals surface area (Å²) < 4.78 is 38.2. The second-order valence-electron chi connectivity index (χ2n) is 17.7. The molecule has 362 valence electrons. The van der Waals surface area contributed by atoms with Crippen LogP contribution in [0.5, 0.6) is 0 Å². The Hall–Kier alpha value is -1.01. The number of phosphoric ester groups is 1. The van der Waals surface area contributed by atoms with Crippen molar-refractivity contribution in [3.05, 3.63) is 11.4 Å². The van der Waals surface area contributed by atoms with Gasteiger partial charge in [0.25, 0.3) is 0 Å². The number of ether oxygens (including phenoxy) is 1. The van der Waals surface area contributed by atoms with Crippen LogP contribution in [0.2, 0.25) is 0 Å². The van der Waals surface area contributed by atoms with Crippen LogP contribution in [0.4, 0.5) is 0 Å². The minimum atomic E-state index is -4.06. The number of phosphoric acid groups is 1. The fraction of sp³-hybridized carbons (Fsp3) is 0.940. The highest BCUT2D eigenvalue weighted by Gasteiger charge is 2.32. The summed E-state index contributed by atoms with van der Waals surface area (Å²) >= 11 is 0. The molecule has 61 heavy (non-hydrogen) atoms. The van der Waals surface area contributed by atoms with Gasteiger partial charge in [0.05, 0.1) is 26.2 Å². The lowest BCUT2D eigenvalue weighted by atomic mass is 10.0. The molecule has 0 rings (SSSR count). The number of Topliss-reactive ketones (excluding diaryl/α,β-unsaturated/α-hetero) is 1. The van der Waals surface area contributed by atoms with Crippen LogP contribution in [-0.4, -0.2) is 74.9 Å². The molecular weight excluding hydrogens is 807 g/mol. The quantitative estimate of drug-likeness (QED) is 0.0197. The predicted octanol–water partition coefficient (Wildman–Crippen LogP) is 12.3. The van der Waals surface area contributed by atoms with Crippen LogP contribution in [0.15, 0.2) is 0 Å². The number of esters is 1. The monoisotopic (exact) mass is 905 g/mol. The van der Waals surface area contributed by atoms with Crippen LogP contribution in [0.25, 0.3) is 4.85 Å². The Morgan fingerprint density at radius 1 is 0.508 bits per heavy atom. The number of halogens is 1. The summed E-state index contributed by atoms with van der Waals surface area (Å²) in [7, 11) is -4.06. The van der Waals surface area contributed by atoms with Crippen LogP contribution < -0.4 is 12.4 Å². The van der Waals surface area contributed by atoms with Gasteiger partial charge in [-0.25, -0.2) is 11.1 Å². The number of rotatable bonds is 48. The van der Waals surface area contributed by atoms with E-state index in [0.717, 1.165) is 81.9 Å². The second kappa shape index (κ2) is 45.6. The third-order valence-corrected chi connectivity index (χ3v) is 13.3. The molecule has 0 aliphatic rings. The number of unbranched alkanes of at least 4 members (excludes halogenated alkanes) is 24. The largest absolute Gasteiger partial charge is 1.00 e. The van der Waals surface area contributed by atoms with Crippen LogP contribution in [0.1, 0.15) is 247 Å². The molecule has 0 radical (unpaired) electrons. The third kappa shape index (κ3) is 39.1. The van der Waals surface area contributed by atoms with Crippen molar-refractivity contribution in [2.75, 3.05) is 52.5 Å². The summed E-state index contributed by atoms with van der Waals surface area (Å²) in [5.41, 5.74) is 0. The highest BCUT2D eigenvalue weighted by atomic mass is 35.5. The Morgan fingerprint density at radius 2 is 0.902 bits per heavy atom. The van der Waals surface area contributed by atoms with E-state index in [1.165, 1.54) is 128 Å².